The lowest BCUT2D eigenvalue weighted by Crippen LogP contribution is -2.59. The number of hydrogen-bond acceptors (Lipinski definition) is 3. The fourth-order valence-electron chi connectivity index (χ4n) is 2.80. The molecule has 0 aromatic carbocycles. The van der Waals surface area contributed by atoms with Gasteiger partial charge >= 0.3 is 5.97 Å². The zero-order valence-corrected chi connectivity index (χ0v) is 11.1. The summed E-state index contributed by atoms with van der Waals surface area (Å²) in [4.78, 5) is 14.2. The summed E-state index contributed by atoms with van der Waals surface area (Å²) in [5, 5.41) is 16.1. The summed E-state index contributed by atoms with van der Waals surface area (Å²) in [7, 11) is 0. The topological polar surface area (TPSA) is 98.1 Å². The number of nitrogens with one attached hydrogen (secondary N) is 1. The first-order valence-corrected chi connectivity index (χ1v) is 6.52. The molecule has 0 spiro atoms. The standard InChI is InChI=1S/C12H22N4O2/c1-9-4-5-12(11(17)18,10(2)8-9)14-6-3-7-15-16-13/h9-10,14H,3-8H2,1-2H3,(H,17,18). The van der Waals surface area contributed by atoms with Gasteiger partial charge in [-0.05, 0) is 49.6 Å². The van der Waals surface area contributed by atoms with Crippen molar-refractivity contribution in [3.63, 3.8) is 0 Å². The lowest BCUT2D eigenvalue weighted by molar-refractivity contribution is -0.149. The van der Waals surface area contributed by atoms with Crippen molar-refractivity contribution in [1.29, 1.82) is 0 Å². The van der Waals surface area contributed by atoms with E-state index in [9.17, 15) is 9.90 Å². The maximum absolute atomic E-state index is 11.6. The highest BCUT2D eigenvalue weighted by molar-refractivity contribution is 5.79. The minimum Gasteiger partial charge on any atom is -0.480 e. The molecule has 0 aromatic rings. The van der Waals surface area contributed by atoms with Crippen molar-refractivity contribution < 1.29 is 9.90 Å². The molecule has 1 aliphatic rings. The first-order valence-electron chi connectivity index (χ1n) is 6.52. The molecule has 1 fully saturated rings. The zero-order valence-electron chi connectivity index (χ0n) is 11.1. The molecule has 0 bridgehead atoms. The van der Waals surface area contributed by atoms with Crippen LogP contribution in [0.2, 0.25) is 0 Å². The normalized spacial score (nSPS) is 31.7. The lowest BCUT2D eigenvalue weighted by atomic mass is 9.70. The second-order valence-electron chi connectivity index (χ2n) is 5.29. The highest BCUT2D eigenvalue weighted by atomic mass is 16.4. The van der Waals surface area contributed by atoms with E-state index >= 15 is 0 Å². The number of azide groups is 1. The zero-order chi connectivity index (χ0) is 13.6. The molecule has 1 saturated carbocycles. The SMILES string of the molecule is CC1CCC(NCCCN=[N+]=[N-])(C(=O)O)C(C)C1. The summed E-state index contributed by atoms with van der Waals surface area (Å²) in [5.41, 5.74) is 7.37. The Kier molecular flexibility index (Phi) is 5.44. The second kappa shape index (κ2) is 6.61. The van der Waals surface area contributed by atoms with Crippen LogP contribution in [0.15, 0.2) is 5.11 Å². The average Bonchev–Trinajstić information content (AvgIpc) is 2.31. The summed E-state index contributed by atoms with van der Waals surface area (Å²) < 4.78 is 0. The van der Waals surface area contributed by atoms with E-state index in [1.807, 2.05) is 6.92 Å². The van der Waals surface area contributed by atoms with Crippen molar-refractivity contribution >= 4 is 5.97 Å². The van der Waals surface area contributed by atoms with Gasteiger partial charge in [-0.3, -0.25) is 4.79 Å². The lowest BCUT2D eigenvalue weighted by Gasteiger charge is -2.42. The predicted octanol–water partition coefficient (Wildman–Crippen LogP) is 2.56. The van der Waals surface area contributed by atoms with Gasteiger partial charge in [-0.1, -0.05) is 19.0 Å². The third-order valence-corrected chi connectivity index (χ3v) is 3.95. The molecule has 1 aliphatic carbocycles. The van der Waals surface area contributed by atoms with Crippen LogP contribution in [0.25, 0.3) is 10.4 Å². The van der Waals surface area contributed by atoms with Crippen molar-refractivity contribution in [2.45, 2.75) is 45.1 Å². The molecule has 1 rings (SSSR count). The van der Waals surface area contributed by atoms with Gasteiger partial charge in [-0.25, -0.2) is 0 Å². The highest BCUT2D eigenvalue weighted by Crippen LogP contribution is 2.37. The molecule has 3 unspecified atom stereocenters. The Bertz CT molecular complexity index is 341. The molecular formula is C12H22N4O2. The largest absolute Gasteiger partial charge is 0.480 e. The van der Waals surface area contributed by atoms with Crippen LogP contribution in [0.4, 0.5) is 0 Å². The Balaban J connectivity index is 2.58. The Morgan fingerprint density at radius 1 is 1.61 bits per heavy atom. The number of aliphatic carboxylic acids is 1. The molecule has 3 atom stereocenters. The van der Waals surface area contributed by atoms with Crippen LogP contribution in [0.1, 0.15) is 39.5 Å². The van der Waals surface area contributed by atoms with E-state index < -0.39 is 11.5 Å². The Morgan fingerprint density at radius 2 is 2.33 bits per heavy atom. The maximum atomic E-state index is 11.6. The van der Waals surface area contributed by atoms with Crippen LogP contribution in [-0.4, -0.2) is 29.7 Å². The van der Waals surface area contributed by atoms with E-state index in [0.29, 0.717) is 31.8 Å². The van der Waals surface area contributed by atoms with E-state index in [-0.39, 0.29) is 5.92 Å². The number of nitrogens with zero attached hydrogens (tertiary/aromatic N) is 3. The minimum atomic E-state index is -0.803. The molecule has 18 heavy (non-hydrogen) atoms. The number of carboxylic acid groups (broad SMARTS) is 1. The molecular weight excluding hydrogens is 232 g/mol. The van der Waals surface area contributed by atoms with Gasteiger partial charge in [-0.15, -0.1) is 0 Å². The minimum absolute atomic E-state index is 0.123. The van der Waals surface area contributed by atoms with Gasteiger partial charge in [0.05, 0.1) is 0 Å². The van der Waals surface area contributed by atoms with Crippen molar-refractivity contribution in [3.8, 4) is 0 Å². The van der Waals surface area contributed by atoms with Crippen molar-refractivity contribution in [2.75, 3.05) is 13.1 Å². The van der Waals surface area contributed by atoms with Gasteiger partial charge in [0.25, 0.3) is 0 Å². The molecule has 0 saturated heterocycles. The van der Waals surface area contributed by atoms with Crippen LogP contribution < -0.4 is 5.32 Å². The Morgan fingerprint density at radius 3 is 2.89 bits per heavy atom. The van der Waals surface area contributed by atoms with E-state index in [4.69, 9.17) is 5.53 Å². The van der Waals surface area contributed by atoms with Crippen LogP contribution in [0.3, 0.4) is 0 Å². The summed E-state index contributed by atoms with van der Waals surface area (Å²) in [6.07, 6.45) is 3.23. The number of rotatable bonds is 6. The summed E-state index contributed by atoms with van der Waals surface area (Å²) in [6.45, 7) is 5.15. The summed E-state index contributed by atoms with van der Waals surface area (Å²) in [6, 6.07) is 0. The Labute approximate surface area is 107 Å². The van der Waals surface area contributed by atoms with Crippen LogP contribution in [0, 0.1) is 11.8 Å². The smallest absolute Gasteiger partial charge is 0.324 e. The number of carbonyl (C=O) groups is 1. The fourth-order valence-corrected chi connectivity index (χ4v) is 2.80. The van der Waals surface area contributed by atoms with E-state index in [0.717, 1.165) is 12.8 Å². The molecule has 0 radical (unpaired) electrons. The molecule has 6 nitrogen and oxygen atoms in total. The molecule has 0 amide bonds. The van der Waals surface area contributed by atoms with E-state index in [2.05, 4.69) is 22.3 Å². The maximum Gasteiger partial charge on any atom is 0.324 e. The second-order valence-corrected chi connectivity index (χ2v) is 5.29. The van der Waals surface area contributed by atoms with Crippen LogP contribution in [0.5, 0.6) is 0 Å². The number of hydrogen-bond donors (Lipinski definition) is 2. The third kappa shape index (κ3) is 3.37. The first kappa shape index (κ1) is 14.8. The van der Waals surface area contributed by atoms with E-state index in [1.54, 1.807) is 0 Å². The molecule has 0 heterocycles. The van der Waals surface area contributed by atoms with E-state index in [1.165, 1.54) is 0 Å². The fraction of sp³-hybridized carbons (Fsp3) is 0.917. The van der Waals surface area contributed by atoms with Gasteiger partial charge in [0.2, 0.25) is 0 Å². The van der Waals surface area contributed by atoms with Crippen LogP contribution >= 0.6 is 0 Å². The molecule has 0 aromatic heterocycles. The Hall–Kier alpha value is -1.26. The number of carboxylic acids is 1. The molecule has 102 valence electrons. The van der Waals surface area contributed by atoms with Crippen molar-refractivity contribution in [1.82, 2.24) is 5.32 Å². The summed E-state index contributed by atoms with van der Waals surface area (Å²) >= 11 is 0. The summed E-state index contributed by atoms with van der Waals surface area (Å²) in [5.74, 6) is -0.0404. The quantitative estimate of drug-likeness (QED) is 0.330. The molecule has 6 heteroatoms. The van der Waals surface area contributed by atoms with Gasteiger partial charge in [0.15, 0.2) is 0 Å². The van der Waals surface area contributed by atoms with Crippen molar-refractivity contribution in [2.24, 2.45) is 17.0 Å². The predicted molar refractivity (Wildman–Crippen MR) is 69.2 cm³/mol. The molecule has 0 aliphatic heterocycles. The van der Waals surface area contributed by atoms with Crippen molar-refractivity contribution in [3.05, 3.63) is 10.4 Å². The highest BCUT2D eigenvalue weighted by Gasteiger charge is 2.45. The van der Waals surface area contributed by atoms with Gasteiger partial charge < -0.3 is 10.4 Å². The molecule has 2 N–H and O–H groups in total. The van der Waals surface area contributed by atoms with Gasteiger partial charge in [0.1, 0.15) is 5.54 Å². The third-order valence-electron chi connectivity index (χ3n) is 3.95. The average molecular weight is 254 g/mol. The monoisotopic (exact) mass is 254 g/mol. The van der Waals surface area contributed by atoms with Gasteiger partial charge in [-0.2, -0.15) is 0 Å². The van der Waals surface area contributed by atoms with Crippen LogP contribution in [-0.2, 0) is 4.79 Å². The van der Waals surface area contributed by atoms with Gasteiger partial charge in [0, 0.05) is 11.5 Å². The first-order chi connectivity index (χ1) is 8.53.